The van der Waals surface area contributed by atoms with Gasteiger partial charge < -0.3 is 10.2 Å². The highest BCUT2D eigenvalue weighted by Gasteiger charge is 2.27. The van der Waals surface area contributed by atoms with Crippen LogP contribution in [0.2, 0.25) is 0 Å². The number of carbonyl (C=O) groups excluding carboxylic acids is 2. The molecule has 1 aliphatic heterocycles. The molecule has 23 heavy (non-hydrogen) atoms. The molecule has 2 aliphatic rings. The highest BCUT2D eigenvalue weighted by Crippen LogP contribution is 2.31. The highest BCUT2D eigenvalue weighted by molar-refractivity contribution is 5.96. The standard InChI is InChI=1S/C18H25N3O2/c1-13-11-14-7-5-6-10-16(14)21(13)12-17(22)20-18(23)19-15-8-3-2-4-9-15/h5-7,10,13,15H,2-4,8-9,11-12H2,1H3,(H2,19,20,22,23)/t13-/m0/s1. The van der Waals surface area contributed by atoms with Gasteiger partial charge in [-0.1, -0.05) is 37.5 Å². The van der Waals surface area contributed by atoms with E-state index in [9.17, 15) is 9.59 Å². The van der Waals surface area contributed by atoms with Crippen LogP contribution in [0.3, 0.4) is 0 Å². The maximum absolute atomic E-state index is 12.2. The molecule has 0 spiro atoms. The molecule has 1 fully saturated rings. The maximum Gasteiger partial charge on any atom is 0.321 e. The Hall–Kier alpha value is -2.04. The number of nitrogens with zero attached hydrogens (tertiary/aromatic N) is 1. The number of imide groups is 1. The first-order valence-corrected chi connectivity index (χ1v) is 8.58. The largest absolute Gasteiger partial charge is 0.359 e. The van der Waals surface area contributed by atoms with Gasteiger partial charge in [0.15, 0.2) is 0 Å². The number of carbonyl (C=O) groups is 2. The van der Waals surface area contributed by atoms with Crippen LogP contribution in [0.15, 0.2) is 24.3 Å². The number of anilines is 1. The fourth-order valence-corrected chi connectivity index (χ4v) is 3.66. The monoisotopic (exact) mass is 315 g/mol. The Morgan fingerprint density at radius 3 is 2.70 bits per heavy atom. The molecule has 124 valence electrons. The third kappa shape index (κ3) is 3.84. The lowest BCUT2D eigenvalue weighted by Crippen LogP contribution is -2.48. The average molecular weight is 315 g/mol. The number of nitrogens with one attached hydrogen (secondary N) is 2. The summed E-state index contributed by atoms with van der Waals surface area (Å²) in [5, 5.41) is 5.39. The number of rotatable bonds is 3. The number of urea groups is 1. The van der Waals surface area contributed by atoms with Crippen molar-refractivity contribution in [2.75, 3.05) is 11.4 Å². The van der Waals surface area contributed by atoms with Crippen molar-refractivity contribution < 1.29 is 9.59 Å². The van der Waals surface area contributed by atoms with Crippen LogP contribution in [0.5, 0.6) is 0 Å². The normalized spacial score (nSPS) is 20.9. The molecule has 1 aromatic rings. The van der Waals surface area contributed by atoms with Gasteiger partial charge >= 0.3 is 6.03 Å². The van der Waals surface area contributed by atoms with E-state index in [4.69, 9.17) is 0 Å². The van der Waals surface area contributed by atoms with Crippen LogP contribution in [0, 0.1) is 0 Å². The molecule has 1 aliphatic carbocycles. The third-order valence-electron chi connectivity index (χ3n) is 4.86. The SMILES string of the molecule is C[C@H]1Cc2ccccc2N1CC(=O)NC(=O)NC1CCCCC1. The number of fused-ring (bicyclic) bond motifs is 1. The molecular formula is C18H25N3O2. The topological polar surface area (TPSA) is 61.4 Å². The van der Waals surface area contributed by atoms with Crippen LogP contribution in [0.25, 0.3) is 0 Å². The van der Waals surface area contributed by atoms with E-state index in [0.717, 1.165) is 37.8 Å². The predicted molar refractivity (Wildman–Crippen MR) is 90.5 cm³/mol. The van der Waals surface area contributed by atoms with Gasteiger partial charge in [-0.3, -0.25) is 10.1 Å². The van der Waals surface area contributed by atoms with Crippen molar-refractivity contribution in [2.24, 2.45) is 0 Å². The van der Waals surface area contributed by atoms with Crippen LogP contribution < -0.4 is 15.5 Å². The molecule has 3 rings (SSSR count). The number of amides is 3. The quantitative estimate of drug-likeness (QED) is 0.901. The van der Waals surface area contributed by atoms with E-state index in [2.05, 4.69) is 28.5 Å². The molecule has 0 radical (unpaired) electrons. The summed E-state index contributed by atoms with van der Waals surface area (Å²) < 4.78 is 0. The first-order chi connectivity index (χ1) is 11.1. The summed E-state index contributed by atoms with van der Waals surface area (Å²) in [6.45, 7) is 2.33. The van der Waals surface area contributed by atoms with Gasteiger partial charge in [0.05, 0.1) is 6.54 Å². The van der Waals surface area contributed by atoms with Gasteiger partial charge in [0.2, 0.25) is 5.91 Å². The van der Waals surface area contributed by atoms with E-state index in [1.807, 2.05) is 18.2 Å². The molecule has 1 heterocycles. The summed E-state index contributed by atoms with van der Waals surface area (Å²) in [4.78, 5) is 26.2. The zero-order valence-electron chi connectivity index (χ0n) is 13.7. The zero-order valence-corrected chi connectivity index (χ0v) is 13.7. The van der Waals surface area contributed by atoms with E-state index in [1.54, 1.807) is 0 Å². The molecule has 0 aromatic heterocycles. The molecule has 5 heteroatoms. The number of hydrogen-bond acceptors (Lipinski definition) is 3. The van der Waals surface area contributed by atoms with Gasteiger partial charge in [-0.25, -0.2) is 4.79 Å². The molecule has 5 nitrogen and oxygen atoms in total. The minimum atomic E-state index is -0.359. The highest BCUT2D eigenvalue weighted by atomic mass is 16.2. The van der Waals surface area contributed by atoms with Gasteiger partial charge in [-0.05, 0) is 37.8 Å². The van der Waals surface area contributed by atoms with E-state index >= 15 is 0 Å². The van der Waals surface area contributed by atoms with Crippen LogP contribution in [0.4, 0.5) is 10.5 Å². The Kier molecular flexibility index (Phi) is 4.84. The molecule has 0 bridgehead atoms. The van der Waals surface area contributed by atoms with E-state index in [1.165, 1.54) is 12.0 Å². The fraction of sp³-hybridized carbons (Fsp3) is 0.556. The van der Waals surface area contributed by atoms with Gasteiger partial charge in [0.25, 0.3) is 0 Å². The summed E-state index contributed by atoms with van der Waals surface area (Å²) in [5.74, 6) is -0.248. The summed E-state index contributed by atoms with van der Waals surface area (Å²) in [6.07, 6.45) is 6.51. The average Bonchev–Trinajstić information content (AvgIpc) is 2.84. The Labute approximate surface area is 137 Å². The van der Waals surface area contributed by atoms with Crippen molar-refractivity contribution in [1.82, 2.24) is 10.6 Å². The second-order valence-electron chi connectivity index (χ2n) is 6.67. The zero-order chi connectivity index (χ0) is 16.2. The van der Waals surface area contributed by atoms with Crippen molar-refractivity contribution in [3.63, 3.8) is 0 Å². The first kappa shape index (κ1) is 15.8. The maximum atomic E-state index is 12.2. The molecule has 0 unspecified atom stereocenters. The number of hydrogen-bond donors (Lipinski definition) is 2. The van der Waals surface area contributed by atoms with Gasteiger partial charge in [0.1, 0.15) is 0 Å². The first-order valence-electron chi connectivity index (χ1n) is 8.58. The predicted octanol–water partition coefficient (Wildman–Crippen LogP) is 2.60. The molecule has 2 N–H and O–H groups in total. The molecule has 0 saturated heterocycles. The molecule has 3 amide bonds. The van der Waals surface area contributed by atoms with Crippen LogP contribution in [-0.4, -0.2) is 30.6 Å². The minimum Gasteiger partial charge on any atom is -0.359 e. The van der Waals surface area contributed by atoms with Crippen molar-refractivity contribution in [1.29, 1.82) is 0 Å². The van der Waals surface area contributed by atoms with E-state index in [-0.39, 0.29) is 30.6 Å². The fourth-order valence-electron chi connectivity index (χ4n) is 3.66. The van der Waals surface area contributed by atoms with Crippen LogP contribution >= 0.6 is 0 Å². The van der Waals surface area contributed by atoms with Gasteiger partial charge in [-0.15, -0.1) is 0 Å². The Morgan fingerprint density at radius 1 is 1.17 bits per heavy atom. The lowest BCUT2D eigenvalue weighted by atomic mass is 9.96. The lowest BCUT2D eigenvalue weighted by molar-refractivity contribution is -0.118. The Morgan fingerprint density at radius 2 is 1.91 bits per heavy atom. The van der Waals surface area contributed by atoms with Gasteiger partial charge in [0, 0.05) is 17.8 Å². The minimum absolute atomic E-state index is 0.211. The van der Waals surface area contributed by atoms with Crippen molar-refractivity contribution in [3.8, 4) is 0 Å². The second kappa shape index (κ2) is 7.02. The van der Waals surface area contributed by atoms with Crippen LogP contribution in [0.1, 0.15) is 44.6 Å². The number of benzene rings is 1. The molecule has 1 aromatic carbocycles. The Bertz CT molecular complexity index is 581. The lowest BCUT2D eigenvalue weighted by Gasteiger charge is -2.25. The van der Waals surface area contributed by atoms with Crippen molar-refractivity contribution in [3.05, 3.63) is 29.8 Å². The smallest absolute Gasteiger partial charge is 0.321 e. The van der Waals surface area contributed by atoms with Crippen molar-refractivity contribution in [2.45, 2.75) is 57.5 Å². The second-order valence-corrected chi connectivity index (χ2v) is 6.67. The molecule has 1 atom stereocenters. The summed E-state index contributed by atoms with van der Waals surface area (Å²) >= 11 is 0. The Balaban J connectivity index is 1.52. The van der Waals surface area contributed by atoms with E-state index < -0.39 is 0 Å². The number of para-hydroxylation sites is 1. The third-order valence-corrected chi connectivity index (χ3v) is 4.86. The van der Waals surface area contributed by atoms with Crippen molar-refractivity contribution >= 4 is 17.6 Å². The molecular weight excluding hydrogens is 290 g/mol. The summed E-state index contributed by atoms with van der Waals surface area (Å²) in [5.41, 5.74) is 2.36. The molecule has 1 saturated carbocycles. The summed E-state index contributed by atoms with van der Waals surface area (Å²) in [6, 6.07) is 8.27. The van der Waals surface area contributed by atoms with Crippen LogP contribution in [-0.2, 0) is 11.2 Å². The van der Waals surface area contributed by atoms with Gasteiger partial charge in [-0.2, -0.15) is 0 Å². The summed E-state index contributed by atoms with van der Waals surface area (Å²) in [7, 11) is 0. The van der Waals surface area contributed by atoms with E-state index in [0.29, 0.717) is 0 Å².